The lowest BCUT2D eigenvalue weighted by Gasteiger charge is -2.37. The summed E-state index contributed by atoms with van der Waals surface area (Å²) < 4.78 is 66.3. The third kappa shape index (κ3) is 5.95. The number of aromatic nitrogens is 3. The van der Waals surface area contributed by atoms with Gasteiger partial charge in [0.15, 0.2) is 0 Å². The molecule has 1 aromatic carbocycles. The lowest BCUT2D eigenvalue weighted by Crippen LogP contribution is -2.45. The number of likely N-dealkylation sites (tertiary alicyclic amines) is 1. The van der Waals surface area contributed by atoms with Crippen LogP contribution in [0.1, 0.15) is 53.5 Å². The molecule has 1 aliphatic carbocycles. The van der Waals surface area contributed by atoms with Crippen molar-refractivity contribution in [1.29, 1.82) is 0 Å². The predicted molar refractivity (Wildman–Crippen MR) is 126 cm³/mol. The van der Waals surface area contributed by atoms with E-state index in [9.17, 15) is 26.7 Å². The molecule has 3 heterocycles. The van der Waals surface area contributed by atoms with Crippen molar-refractivity contribution in [3.05, 3.63) is 59.7 Å². The van der Waals surface area contributed by atoms with Gasteiger partial charge in [-0.25, -0.2) is 23.7 Å². The average Bonchev–Trinajstić information content (AvgIpc) is 3.68. The molecule has 1 saturated heterocycles. The van der Waals surface area contributed by atoms with Crippen LogP contribution in [-0.2, 0) is 6.18 Å². The highest BCUT2D eigenvalue weighted by Crippen LogP contribution is 2.33. The van der Waals surface area contributed by atoms with Gasteiger partial charge in [-0.2, -0.15) is 13.2 Å². The molecule has 196 valence electrons. The van der Waals surface area contributed by atoms with Gasteiger partial charge in [0.05, 0.1) is 11.6 Å². The SMILES string of the molecule is O=C(NCC(c1cnc(C(F)(F)F)nc1)N1CCC(F)(F)CC1)c1cccc2nc(NC3CC3)ccc12. The number of hydrogen-bond donors (Lipinski definition) is 2. The van der Waals surface area contributed by atoms with Gasteiger partial charge in [0.1, 0.15) is 5.82 Å². The van der Waals surface area contributed by atoms with E-state index < -0.39 is 29.9 Å². The molecule has 1 saturated carbocycles. The molecule has 12 heteroatoms. The van der Waals surface area contributed by atoms with E-state index >= 15 is 0 Å². The number of alkyl halides is 5. The maximum atomic E-state index is 13.8. The molecular formula is C25H25F5N6O. The zero-order valence-electron chi connectivity index (χ0n) is 19.7. The third-order valence-corrected chi connectivity index (χ3v) is 6.64. The van der Waals surface area contributed by atoms with Crippen molar-refractivity contribution < 1.29 is 26.7 Å². The Morgan fingerprint density at radius 1 is 1.08 bits per heavy atom. The number of pyridine rings is 1. The molecule has 37 heavy (non-hydrogen) atoms. The van der Waals surface area contributed by atoms with Crippen LogP contribution >= 0.6 is 0 Å². The molecule has 1 unspecified atom stereocenters. The van der Waals surface area contributed by atoms with E-state index in [2.05, 4.69) is 25.6 Å². The summed E-state index contributed by atoms with van der Waals surface area (Å²) >= 11 is 0. The van der Waals surface area contributed by atoms with Crippen molar-refractivity contribution >= 4 is 22.6 Å². The summed E-state index contributed by atoms with van der Waals surface area (Å²) in [4.78, 5) is 26.3. The van der Waals surface area contributed by atoms with Crippen molar-refractivity contribution in [2.24, 2.45) is 0 Å². The Kier molecular flexibility index (Phi) is 6.69. The number of benzene rings is 1. The lowest BCUT2D eigenvalue weighted by atomic mass is 10.0. The largest absolute Gasteiger partial charge is 0.451 e. The topological polar surface area (TPSA) is 83.0 Å². The molecule has 7 nitrogen and oxygen atoms in total. The van der Waals surface area contributed by atoms with Gasteiger partial charge in [-0.3, -0.25) is 9.69 Å². The summed E-state index contributed by atoms with van der Waals surface area (Å²) in [7, 11) is 0. The summed E-state index contributed by atoms with van der Waals surface area (Å²) in [6.45, 7) is 0.0112. The second-order valence-electron chi connectivity index (χ2n) is 9.44. The number of carbonyl (C=O) groups is 1. The van der Waals surface area contributed by atoms with E-state index in [1.807, 2.05) is 12.1 Å². The van der Waals surface area contributed by atoms with Gasteiger partial charge in [0, 0.05) is 67.4 Å². The number of amides is 1. The molecule has 1 atom stereocenters. The molecule has 1 amide bonds. The molecule has 3 aromatic rings. The molecule has 2 aromatic heterocycles. The van der Waals surface area contributed by atoms with Crippen molar-refractivity contribution in [3.8, 4) is 0 Å². The van der Waals surface area contributed by atoms with Gasteiger partial charge < -0.3 is 10.6 Å². The van der Waals surface area contributed by atoms with Gasteiger partial charge in [-0.05, 0) is 37.1 Å². The van der Waals surface area contributed by atoms with Crippen LogP contribution in [0.5, 0.6) is 0 Å². The summed E-state index contributed by atoms with van der Waals surface area (Å²) in [6, 6.07) is 8.57. The Morgan fingerprint density at radius 3 is 2.43 bits per heavy atom. The monoisotopic (exact) mass is 520 g/mol. The molecule has 0 radical (unpaired) electrons. The first kappa shape index (κ1) is 25.2. The van der Waals surface area contributed by atoms with Gasteiger partial charge >= 0.3 is 6.18 Å². The number of halogens is 5. The molecule has 5 rings (SSSR count). The number of fused-ring (bicyclic) bond motifs is 1. The van der Waals surface area contributed by atoms with Crippen LogP contribution in [0.2, 0.25) is 0 Å². The van der Waals surface area contributed by atoms with Crippen LogP contribution in [0.15, 0.2) is 42.7 Å². The van der Waals surface area contributed by atoms with Crippen LogP contribution in [0, 0.1) is 0 Å². The van der Waals surface area contributed by atoms with Crippen LogP contribution in [-0.4, -0.2) is 57.4 Å². The Bertz CT molecular complexity index is 1270. The first-order valence-electron chi connectivity index (χ1n) is 12.0. The van der Waals surface area contributed by atoms with Crippen LogP contribution in [0.4, 0.5) is 27.8 Å². The number of carbonyl (C=O) groups excluding carboxylic acids is 1. The van der Waals surface area contributed by atoms with Crippen molar-refractivity contribution in [3.63, 3.8) is 0 Å². The lowest BCUT2D eigenvalue weighted by molar-refractivity contribution is -0.145. The highest BCUT2D eigenvalue weighted by atomic mass is 19.4. The Labute approximate surface area is 209 Å². The fourth-order valence-electron chi connectivity index (χ4n) is 4.43. The number of anilines is 1. The number of piperidine rings is 1. The number of hydrogen-bond acceptors (Lipinski definition) is 6. The molecule has 2 N–H and O–H groups in total. The van der Waals surface area contributed by atoms with Gasteiger partial charge in [-0.1, -0.05) is 6.07 Å². The van der Waals surface area contributed by atoms with Crippen LogP contribution < -0.4 is 10.6 Å². The summed E-state index contributed by atoms with van der Waals surface area (Å²) in [5, 5.41) is 6.78. The normalized spacial score (nSPS) is 18.9. The molecule has 0 bridgehead atoms. The van der Waals surface area contributed by atoms with Crippen LogP contribution in [0.25, 0.3) is 10.9 Å². The number of rotatable bonds is 7. The second kappa shape index (κ2) is 9.81. The van der Waals surface area contributed by atoms with E-state index in [0.717, 1.165) is 31.1 Å². The van der Waals surface area contributed by atoms with Crippen molar-refractivity contribution in [2.45, 2.75) is 49.9 Å². The fourth-order valence-corrected chi connectivity index (χ4v) is 4.43. The van der Waals surface area contributed by atoms with Crippen molar-refractivity contribution in [2.75, 3.05) is 25.0 Å². The van der Waals surface area contributed by atoms with Gasteiger partial charge in [0.25, 0.3) is 11.8 Å². The highest BCUT2D eigenvalue weighted by Gasteiger charge is 2.38. The Morgan fingerprint density at radius 2 is 1.78 bits per heavy atom. The summed E-state index contributed by atoms with van der Waals surface area (Å²) in [5.74, 6) is -3.76. The smallest absolute Gasteiger partial charge is 0.367 e. The standard InChI is InChI=1S/C25H25F5N6O/c26-24(27)8-10-36(11-9-24)20(15-12-32-23(33-13-15)25(28,29)30)14-31-22(37)18-2-1-3-19-17(18)6-7-21(35-19)34-16-4-5-16/h1-3,6-7,12-13,16,20H,4-5,8-11,14H2,(H,31,37)(H,34,35). The molecule has 0 spiro atoms. The summed E-state index contributed by atoms with van der Waals surface area (Å²) in [5.41, 5.74) is 1.33. The molecule has 2 aliphatic rings. The predicted octanol–water partition coefficient (Wildman–Crippen LogP) is 4.82. The highest BCUT2D eigenvalue weighted by molar-refractivity contribution is 6.06. The zero-order valence-corrected chi connectivity index (χ0v) is 19.7. The van der Waals surface area contributed by atoms with E-state index in [0.29, 0.717) is 28.1 Å². The molecule has 1 aliphatic heterocycles. The van der Waals surface area contributed by atoms with Gasteiger partial charge in [0.2, 0.25) is 5.82 Å². The minimum absolute atomic E-state index is 0.0174. The Balaban J connectivity index is 1.35. The van der Waals surface area contributed by atoms with Gasteiger partial charge in [-0.15, -0.1) is 0 Å². The van der Waals surface area contributed by atoms with E-state index in [1.165, 1.54) is 0 Å². The first-order valence-corrected chi connectivity index (χ1v) is 12.0. The van der Waals surface area contributed by atoms with E-state index in [4.69, 9.17) is 0 Å². The maximum absolute atomic E-state index is 13.8. The average molecular weight is 521 g/mol. The maximum Gasteiger partial charge on any atom is 0.451 e. The number of nitrogens with one attached hydrogen (secondary N) is 2. The molecule has 2 fully saturated rings. The number of nitrogens with zero attached hydrogens (tertiary/aromatic N) is 4. The zero-order chi connectivity index (χ0) is 26.2. The minimum Gasteiger partial charge on any atom is -0.367 e. The van der Waals surface area contributed by atoms with Crippen molar-refractivity contribution in [1.82, 2.24) is 25.2 Å². The first-order chi connectivity index (χ1) is 17.6. The molecular weight excluding hydrogens is 495 g/mol. The summed E-state index contributed by atoms with van der Waals surface area (Å²) in [6.07, 6.45) is -1.20. The fraction of sp³-hybridized carbons (Fsp3) is 0.440. The Hall–Kier alpha value is -3.41. The quantitative estimate of drug-likeness (QED) is 0.435. The van der Waals surface area contributed by atoms with Crippen LogP contribution in [0.3, 0.4) is 0 Å². The minimum atomic E-state index is -4.70. The third-order valence-electron chi connectivity index (χ3n) is 6.64. The van der Waals surface area contributed by atoms with E-state index in [1.54, 1.807) is 23.1 Å². The second-order valence-corrected chi connectivity index (χ2v) is 9.44. The van der Waals surface area contributed by atoms with E-state index in [-0.39, 0.29) is 32.5 Å².